The summed E-state index contributed by atoms with van der Waals surface area (Å²) in [6.07, 6.45) is -4.89. The van der Waals surface area contributed by atoms with Crippen LogP contribution in [0.4, 0.5) is 17.6 Å². The Labute approximate surface area is 125 Å². The van der Waals surface area contributed by atoms with E-state index in [1.54, 1.807) is 13.8 Å². The molecule has 8 heteroatoms. The number of carbonyl (C=O) groups is 2. The minimum absolute atomic E-state index is 0.134. The summed E-state index contributed by atoms with van der Waals surface area (Å²) in [5, 5.41) is 2.49. The van der Waals surface area contributed by atoms with Crippen LogP contribution in [0.5, 0.6) is 0 Å². The zero-order chi connectivity index (χ0) is 16.9. The number of rotatable bonds is 5. The summed E-state index contributed by atoms with van der Waals surface area (Å²) in [6.45, 7) is 3.52. The van der Waals surface area contributed by atoms with Gasteiger partial charge in [-0.25, -0.2) is 4.39 Å². The Kier molecular flexibility index (Phi) is 5.90. The number of likely N-dealkylation sites (N-methyl/N-ethyl adjacent to an activating group) is 2. The normalized spacial score (nSPS) is 11.2. The van der Waals surface area contributed by atoms with Crippen molar-refractivity contribution in [2.24, 2.45) is 0 Å². The van der Waals surface area contributed by atoms with Crippen molar-refractivity contribution in [2.45, 2.75) is 20.0 Å². The molecule has 22 heavy (non-hydrogen) atoms. The van der Waals surface area contributed by atoms with E-state index in [0.717, 1.165) is 11.0 Å². The van der Waals surface area contributed by atoms with Crippen LogP contribution in [-0.2, 0) is 11.0 Å². The number of carbonyl (C=O) groups excluding carboxylic acids is 2. The van der Waals surface area contributed by atoms with E-state index in [9.17, 15) is 27.2 Å². The van der Waals surface area contributed by atoms with Crippen molar-refractivity contribution < 1.29 is 27.2 Å². The lowest BCUT2D eigenvalue weighted by molar-refractivity contribution is -0.140. The molecular weight excluding hydrogens is 304 g/mol. The maximum atomic E-state index is 13.2. The van der Waals surface area contributed by atoms with E-state index in [0.29, 0.717) is 18.7 Å². The molecule has 0 aromatic heterocycles. The quantitative estimate of drug-likeness (QED) is 0.847. The molecule has 1 N–H and O–H groups in total. The molecule has 0 fully saturated rings. The highest BCUT2D eigenvalue weighted by atomic mass is 19.4. The summed E-state index contributed by atoms with van der Waals surface area (Å²) in [6, 6.07) is 2.02. The number of hydrogen-bond acceptors (Lipinski definition) is 2. The molecule has 0 spiro atoms. The number of alkyl halides is 3. The fourth-order valence-corrected chi connectivity index (χ4v) is 1.81. The Morgan fingerprint density at radius 3 is 2.36 bits per heavy atom. The summed E-state index contributed by atoms with van der Waals surface area (Å²) in [5.74, 6) is -2.63. The van der Waals surface area contributed by atoms with E-state index < -0.39 is 29.4 Å². The molecule has 0 saturated carbocycles. The lowest BCUT2D eigenvalue weighted by Gasteiger charge is -2.21. The van der Waals surface area contributed by atoms with E-state index in [4.69, 9.17) is 0 Å². The average Bonchev–Trinajstić information content (AvgIpc) is 2.43. The maximum absolute atomic E-state index is 13.2. The van der Waals surface area contributed by atoms with Crippen LogP contribution in [0, 0.1) is 5.82 Å². The maximum Gasteiger partial charge on any atom is 0.419 e. The van der Waals surface area contributed by atoms with Crippen molar-refractivity contribution in [2.75, 3.05) is 19.6 Å². The van der Waals surface area contributed by atoms with Crippen LogP contribution in [0.2, 0.25) is 0 Å². The number of benzene rings is 1. The summed E-state index contributed by atoms with van der Waals surface area (Å²) >= 11 is 0. The van der Waals surface area contributed by atoms with Crippen molar-refractivity contribution in [3.05, 3.63) is 35.1 Å². The van der Waals surface area contributed by atoms with Crippen LogP contribution in [-0.4, -0.2) is 36.3 Å². The molecule has 1 aromatic carbocycles. The number of halogens is 4. The second kappa shape index (κ2) is 7.24. The van der Waals surface area contributed by atoms with Gasteiger partial charge in [0.15, 0.2) is 0 Å². The SMILES string of the molecule is CCNC(=O)CN(CC)C(=O)c1ccc(F)c(C(F)(F)F)c1. The van der Waals surface area contributed by atoms with Gasteiger partial charge in [-0.15, -0.1) is 0 Å². The van der Waals surface area contributed by atoms with Crippen molar-refractivity contribution in [3.8, 4) is 0 Å². The van der Waals surface area contributed by atoms with Gasteiger partial charge >= 0.3 is 6.18 Å². The number of amides is 2. The van der Waals surface area contributed by atoms with Gasteiger partial charge in [-0.2, -0.15) is 13.2 Å². The molecule has 1 rings (SSSR count). The third-order valence-corrected chi connectivity index (χ3v) is 2.90. The molecule has 4 nitrogen and oxygen atoms in total. The third kappa shape index (κ3) is 4.44. The van der Waals surface area contributed by atoms with Crippen LogP contribution < -0.4 is 5.32 Å². The molecule has 0 aliphatic carbocycles. The molecule has 0 aliphatic rings. The van der Waals surface area contributed by atoms with Gasteiger partial charge in [0, 0.05) is 18.7 Å². The summed E-state index contributed by atoms with van der Waals surface area (Å²) in [7, 11) is 0. The predicted octanol–water partition coefficient (Wildman–Crippen LogP) is 2.44. The van der Waals surface area contributed by atoms with E-state index in [-0.39, 0.29) is 18.7 Å². The minimum Gasteiger partial charge on any atom is -0.355 e. The van der Waals surface area contributed by atoms with Crippen molar-refractivity contribution in [1.82, 2.24) is 10.2 Å². The van der Waals surface area contributed by atoms with E-state index in [1.807, 2.05) is 0 Å². The Hall–Kier alpha value is -2.12. The predicted molar refractivity (Wildman–Crippen MR) is 71.7 cm³/mol. The first-order valence-corrected chi connectivity index (χ1v) is 6.63. The van der Waals surface area contributed by atoms with Crippen LogP contribution in [0.15, 0.2) is 18.2 Å². The fraction of sp³-hybridized carbons (Fsp3) is 0.429. The van der Waals surface area contributed by atoms with Gasteiger partial charge in [-0.3, -0.25) is 9.59 Å². The Bertz CT molecular complexity index is 558. The second-order valence-corrected chi connectivity index (χ2v) is 4.47. The first kappa shape index (κ1) is 17.9. The number of nitrogens with one attached hydrogen (secondary N) is 1. The van der Waals surface area contributed by atoms with Crippen LogP contribution >= 0.6 is 0 Å². The van der Waals surface area contributed by atoms with Gasteiger partial charge in [0.2, 0.25) is 5.91 Å². The molecular formula is C14H16F4N2O2. The van der Waals surface area contributed by atoms with Crippen molar-refractivity contribution in [3.63, 3.8) is 0 Å². The first-order valence-electron chi connectivity index (χ1n) is 6.63. The largest absolute Gasteiger partial charge is 0.419 e. The lowest BCUT2D eigenvalue weighted by atomic mass is 10.1. The Morgan fingerprint density at radius 1 is 1.23 bits per heavy atom. The fourth-order valence-electron chi connectivity index (χ4n) is 1.81. The number of hydrogen-bond donors (Lipinski definition) is 1. The Morgan fingerprint density at radius 2 is 1.86 bits per heavy atom. The van der Waals surface area contributed by atoms with Crippen molar-refractivity contribution in [1.29, 1.82) is 0 Å². The first-order chi connectivity index (χ1) is 10.2. The average molecular weight is 320 g/mol. The van der Waals surface area contributed by atoms with Crippen molar-refractivity contribution >= 4 is 11.8 Å². The molecule has 0 unspecified atom stereocenters. The monoisotopic (exact) mass is 320 g/mol. The summed E-state index contributed by atoms with van der Waals surface area (Å²) in [4.78, 5) is 24.7. The lowest BCUT2D eigenvalue weighted by Crippen LogP contribution is -2.40. The summed E-state index contributed by atoms with van der Waals surface area (Å²) in [5.41, 5.74) is -1.83. The minimum atomic E-state index is -4.89. The standard InChI is InChI=1S/C14H16F4N2O2/c1-3-19-12(21)8-20(4-2)13(22)9-5-6-11(15)10(7-9)14(16,17)18/h5-7H,3-4,8H2,1-2H3,(H,19,21). The highest BCUT2D eigenvalue weighted by Gasteiger charge is 2.35. The zero-order valence-electron chi connectivity index (χ0n) is 12.1. The van der Waals surface area contributed by atoms with Gasteiger partial charge in [-0.1, -0.05) is 0 Å². The molecule has 0 saturated heterocycles. The van der Waals surface area contributed by atoms with Crippen LogP contribution in [0.1, 0.15) is 29.8 Å². The highest BCUT2D eigenvalue weighted by molar-refractivity contribution is 5.96. The van der Waals surface area contributed by atoms with Crippen LogP contribution in [0.25, 0.3) is 0 Å². The third-order valence-electron chi connectivity index (χ3n) is 2.90. The summed E-state index contributed by atoms with van der Waals surface area (Å²) < 4.78 is 51.2. The van der Waals surface area contributed by atoms with E-state index >= 15 is 0 Å². The van der Waals surface area contributed by atoms with Gasteiger partial charge < -0.3 is 10.2 Å². The molecule has 0 bridgehead atoms. The molecule has 0 heterocycles. The molecule has 0 atom stereocenters. The number of nitrogens with zero attached hydrogens (tertiary/aromatic N) is 1. The Balaban J connectivity index is 3.03. The van der Waals surface area contributed by atoms with Gasteiger partial charge in [0.25, 0.3) is 5.91 Å². The molecule has 2 amide bonds. The smallest absolute Gasteiger partial charge is 0.355 e. The highest BCUT2D eigenvalue weighted by Crippen LogP contribution is 2.32. The van der Waals surface area contributed by atoms with E-state index in [2.05, 4.69) is 5.32 Å². The van der Waals surface area contributed by atoms with E-state index in [1.165, 1.54) is 0 Å². The molecule has 0 radical (unpaired) electrons. The van der Waals surface area contributed by atoms with Gasteiger partial charge in [0.1, 0.15) is 5.82 Å². The van der Waals surface area contributed by atoms with Gasteiger partial charge in [0.05, 0.1) is 12.1 Å². The second-order valence-electron chi connectivity index (χ2n) is 4.47. The molecule has 1 aromatic rings. The van der Waals surface area contributed by atoms with Gasteiger partial charge in [-0.05, 0) is 32.0 Å². The molecule has 122 valence electrons. The topological polar surface area (TPSA) is 49.4 Å². The molecule has 0 aliphatic heterocycles. The van der Waals surface area contributed by atoms with Crippen LogP contribution in [0.3, 0.4) is 0 Å². The zero-order valence-corrected chi connectivity index (χ0v) is 12.1.